The molecule has 24 heavy (non-hydrogen) atoms. The zero-order valence-electron chi connectivity index (χ0n) is 15.0. The fourth-order valence-corrected chi connectivity index (χ4v) is 6.21. The van der Waals surface area contributed by atoms with Crippen LogP contribution in [0.1, 0.15) is 53.4 Å². The van der Waals surface area contributed by atoms with Gasteiger partial charge >= 0.3 is 5.97 Å². The first-order chi connectivity index (χ1) is 11.2. The van der Waals surface area contributed by atoms with Crippen molar-refractivity contribution in [1.29, 1.82) is 0 Å². The second kappa shape index (κ2) is 4.94. The number of hydrogen-bond donors (Lipinski definition) is 1. The van der Waals surface area contributed by atoms with Crippen LogP contribution in [-0.2, 0) is 14.3 Å². The first-order valence-electron chi connectivity index (χ1n) is 9.38. The second-order valence-corrected chi connectivity index (χ2v) is 9.20. The predicted molar refractivity (Wildman–Crippen MR) is 89.0 cm³/mol. The Morgan fingerprint density at radius 2 is 2.00 bits per heavy atom. The maximum atomic E-state index is 13.3. The quantitative estimate of drug-likeness (QED) is 0.750. The van der Waals surface area contributed by atoms with Crippen LogP contribution in [0.3, 0.4) is 0 Å². The highest BCUT2D eigenvalue weighted by molar-refractivity contribution is 5.97. The van der Waals surface area contributed by atoms with Crippen LogP contribution >= 0.6 is 0 Å². The number of carbonyl (C=O) groups excluding carboxylic acids is 2. The average molecular weight is 332 g/mol. The largest absolute Gasteiger partial charge is 0.458 e. The SMILES string of the molecule is CC(C)[C@@H]1CC(=O)[C@@]2(C)[C@@H]3C(=C[C@]4(O)C[C@@H](C)CC[C@H]24)C(=O)O[C@@H]31. The van der Waals surface area contributed by atoms with Gasteiger partial charge in [0.15, 0.2) is 0 Å². The standard InChI is InChI=1S/C20H28O4/c1-10(2)12-7-15(21)19(4)14-6-5-11(3)8-20(14,23)9-13-16(19)17(12)24-18(13)22/h9-12,14,16-17,23H,5-8H2,1-4H3/t11-,12-,14+,16+,17+,19-,20+/m0/s1. The molecule has 4 nitrogen and oxygen atoms in total. The summed E-state index contributed by atoms with van der Waals surface area (Å²) < 4.78 is 5.77. The minimum Gasteiger partial charge on any atom is -0.458 e. The fourth-order valence-electron chi connectivity index (χ4n) is 6.21. The normalized spacial score (nSPS) is 50.2. The van der Waals surface area contributed by atoms with E-state index < -0.39 is 11.0 Å². The van der Waals surface area contributed by atoms with Gasteiger partial charge in [0, 0.05) is 35.2 Å². The lowest BCUT2D eigenvalue weighted by Gasteiger charge is -2.57. The molecule has 0 aromatic carbocycles. The zero-order chi connectivity index (χ0) is 17.4. The number of esters is 1. The third-order valence-electron chi connectivity index (χ3n) is 7.45. The summed E-state index contributed by atoms with van der Waals surface area (Å²) in [7, 11) is 0. The molecular formula is C20H28O4. The Bertz CT molecular complexity index is 636. The van der Waals surface area contributed by atoms with E-state index in [4.69, 9.17) is 4.74 Å². The first-order valence-corrected chi connectivity index (χ1v) is 9.38. The van der Waals surface area contributed by atoms with E-state index in [1.54, 1.807) is 6.08 Å². The Morgan fingerprint density at radius 1 is 1.29 bits per heavy atom. The van der Waals surface area contributed by atoms with Gasteiger partial charge in [0.05, 0.1) is 5.60 Å². The van der Waals surface area contributed by atoms with Gasteiger partial charge in [-0.25, -0.2) is 4.79 Å². The number of Topliss-reactive ketones (excluding diaryl/α,β-unsaturated/α-hetero) is 1. The van der Waals surface area contributed by atoms with Gasteiger partial charge in [0.2, 0.25) is 0 Å². The molecule has 3 fully saturated rings. The molecule has 2 saturated carbocycles. The Hall–Kier alpha value is -1.16. The molecular weight excluding hydrogens is 304 g/mol. The first kappa shape index (κ1) is 16.3. The molecule has 0 bridgehead atoms. The van der Waals surface area contributed by atoms with E-state index in [-0.39, 0.29) is 35.6 Å². The van der Waals surface area contributed by atoms with Crippen molar-refractivity contribution in [2.75, 3.05) is 0 Å². The zero-order valence-corrected chi connectivity index (χ0v) is 15.0. The van der Waals surface area contributed by atoms with Gasteiger partial charge in [-0.1, -0.05) is 34.1 Å². The lowest BCUT2D eigenvalue weighted by atomic mass is 9.46. The van der Waals surface area contributed by atoms with E-state index in [0.717, 1.165) is 12.8 Å². The molecule has 4 aliphatic rings. The van der Waals surface area contributed by atoms with Crippen molar-refractivity contribution in [3.05, 3.63) is 11.6 Å². The topological polar surface area (TPSA) is 63.6 Å². The van der Waals surface area contributed by atoms with Gasteiger partial charge in [0.1, 0.15) is 11.9 Å². The Morgan fingerprint density at radius 3 is 2.67 bits per heavy atom. The molecule has 1 N–H and O–H groups in total. The smallest absolute Gasteiger partial charge is 0.334 e. The molecule has 0 aromatic rings. The number of ketones is 1. The summed E-state index contributed by atoms with van der Waals surface area (Å²) in [5.74, 6) is 0.386. The van der Waals surface area contributed by atoms with Crippen LogP contribution in [0.4, 0.5) is 0 Å². The van der Waals surface area contributed by atoms with Gasteiger partial charge in [-0.15, -0.1) is 0 Å². The molecule has 0 aromatic heterocycles. The third-order valence-corrected chi connectivity index (χ3v) is 7.45. The predicted octanol–water partition coefficient (Wildman–Crippen LogP) is 2.89. The summed E-state index contributed by atoms with van der Waals surface area (Å²) >= 11 is 0. The summed E-state index contributed by atoms with van der Waals surface area (Å²) in [5, 5.41) is 11.4. The summed E-state index contributed by atoms with van der Waals surface area (Å²) in [5.41, 5.74) is -1.16. The number of ether oxygens (including phenoxy) is 1. The van der Waals surface area contributed by atoms with E-state index in [9.17, 15) is 14.7 Å². The van der Waals surface area contributed by atoms with E-state index in [1.807, 2.05) is 6.92 Å². The molecule has 0 amide bonds. The second-order valence-electron chi connectivity index (χ2n) is 9.20. The molecule has 1 saturated heterocycles. The number of rotatable bonds is 1. The maximum Gasteiger partial charge on any atom is 0.334 e. The summed E-state index contributed by atoms with van der Waals surface area (Å²) in [6, 6.07) is 0. The Balaban J connectivity index is 1.88. The van der Waals surface area contributed by atoms with Crippen LogP contribution in [0.15, 0.2) is 11.6 Å². The third kappa shape index (κ3) is 1.89. The van der Waals surface area contributed by atoms with Crippen LogP contribution in [0.2, 0.25) is 0 Å². The molecule has 0 radical (unpaired) electrons. The number of carbonyl (C=O) groups is 2. The van der Waals surface area contributed by atoms with Crippen molar-refractivity contribution in [2.24, 2.45) is 35.0 Å². The van der Waals surface area contributed by atoms with Crippen molar-refractivity contribution >= 4 is 11.8 Å². The minimum absolute atomic E-state index is 0.0825. The molecule has 1 heterocycles. The van der Waals surface area contributed by atoms with Gasteiger partial charge in [-0.05, 0) is 30.8 Å². The van der Waals surface area contributed by atoms with Gasteiger partial charge < -0.3 is 9.84 Å². The lowest BCUT2D eigenvalue weighted by molar-refractivity contribution is -0.170. The maximum absolute atomic E-state index is 13.3. The number of fused-ring (bicyclic) bond motifs is 2. The number of hydrogen-bond acceptors (Lipinski definition) is 4. The molecule has 0 spiro atoms. The van der Waals surface area contributed by atoms with Crippen LogP contribution in [0.5, 0.6) is 0 Å². The van der Waals surface area contributed by atoms with E-state index in [0.29, 0.717) is 30.3 Å². The van der Waals surface area contributed by atoms with Crippen molar-refractivity contribution in [2.45, 2.75) is 65.1 Å². The van der Waals surface area contributed by atoms with E-state index in [2.05, 4.69) is 20.8 Å². The molecule has 4 heteroatoms. The summed E-state index contributed by atoms with van der Waals surface area (Å²) in [6.45, 7) is 8.31. The van der Waals surface area contributed by atoms with Crippen LogP contribution < -0.4 is 0 Å². The van der Waals surface area contributed by atoms with Crippen molar-refractivity contribution in [3.63, 3.8) is 0 Å². The van der Waals surface area contributed by atoms with Crippen molar-refractivity contribution < 1.29 is 19.4 Å². The number of aliphatic hydroxyl groups is 1. The van der Waals surface area contributed by atoms with Crippen LogP contribution in [-0.4, -0.2) is 28.6 Å². The fraction of sp³-hybridized carbons (Fsp3) is 0.800. The molecule has 132 valence electrons. The van der Waals surface area contributed by atoms with E-state index in [1.165, 1.54) is 0 Å². The average Bonchev–Trinajstić information content (AvgIpc) is 2.79. The lowest BCUT2D eigenvalue weighted by Crippen LogP contribution is -2.62. The van der Waals surface area contributed by atoms with Crippen molar-refractivity contribution in [3.8, 4) is 0 Å². The van der Waals surface area contributed by atoms with Gasteiger partial charge in [-0.3, -0.25) is 4.79 Å². The summed E-state index contributed by atoms with van der Waals surface area (Å²) in [4.78, 5) is 25.8. The van der Waals surface area contributed by atoms with Gasteiger partial charge in [0.25, 0.3) is 0 Å². The van der Waals surface area contributed by atoms with E-state index >= 15 is 0 Å². The monoisotopic (exact) mass is 332 g/mol. The summed E-state index contributed by atoms with van der Waals surface area (Å²) in [6.07, 6.45) is 4.51. The highest BCUT2D eigenvalue weighted by Crippen LogP contribution is 2.63. The van der Waals surface area contributed by atoms with Crippen molar-refractivity contribution in [1.82, 2.24) is 0 Å². The van der Waals surface area contributed by atoms with Crippen LogP contribution in [0.25, 0.3) is 0 Å². The highest BCUT2D eigenvalue weighted by atomic mass is 16.6. The molecule has 3 aliphatic carbocycles. The molecule has 7 atom stereocenters. The Labute approximate surface area is 143 Å². The Kier molecular flexibility index (Phi) is 3.36. The molecule has 4 rings (SSSR count). The van der Waals surface area contributed by atoms with Crippen LogP contribution in [0, 0.1) is 35.0 Å². The molecule has 1 aliphatic heterocycles. The highest BCUT2D eigenvalue weighted by Gasteiger charge is 2.68. The minimum atomic E-state index is -1.05. The molecule has 0 unspecified atom stereocenters. The van der Waals surface area contributed by atoms with Gasteiger partial charge in [-0.2, -0.15) is 0 Å².